The summed E-state index contributed by atoms with van der Waals surface area (Å²) >= 11 is 0. The molecule has 2 aliphatic heterocycles. The molecule has 0 aromatic heterocycles. The third-order valence-electron chi connectivity index (χ3n) is 3.78. The minimum absolute atomic E-state index is 0.118. The number of amides is 1. The molecule has 120 valence electrons. The third-order valence-corrected chi connectivity index (χ3v) is 3.78. The molecule has 21 heavy (non-hydrogen) atoms. The van der Waals surface area contributed by atoms with Crippen LogP contribution in [0.25, 0.3) is 0 Å². The van der Waals surface area contributed by atoms with Crippen LogP contribution in [0.15, 0.2) is 12.2 Å². The molecule has 0 radical (unpaired) electrons. The molecule has 1 unspecified atom stereocenters. The number of ether oxygens (including phenoxy) is 1. The van der Waals surface area contributed by atoms with Gasteiger partial charge in [0.1, 0.15) is 0 Å². The lowest BCUT2D eigenvalue weighted by atomic mass is 10.1. The van der Waals surface area contributed by atoms with Crippen LogP contribution in [0.2, 0.25) is 0 Å². The van der Waals surface area contributed by atoms with Crippen LogP contribution in [0.3, 0.4) is 0 Å². The summed E-state index contributed by atoms with van der Waals surface area (Å²) in [4.78, 5) is 25.1. The zero-order chi connectivity index (χ0) is 15.5. The van der Waals surface area contributed by atoms with E-state index in [0.29, 0.717) is 12.5 Å². The zero-order valence-corrected chi connectivity index (χ0v) is 12.7. The van der Waals surface area contributed by atoms with Crippen molar-refractivity contribution < 1.29 is 19.4 Å². The van der Waals surface area contributed by atoms with E-state index in [-0.39, 0.29) is 12.4 Å². The van der Waals surface area contributed by atoms with Gasteiger partial charge in [0.15, 0.2) is 0 Å². The average Bonchev–Trinajstić information content (AvgIpc) is 2.91. The van der Waals surface area contributed by atoms with Crippen molar-refractivity contribution in [1.29, 1.82) is 0 Å². The van der Waals surface area contributed by atoms with Crippen molar-refractivity contribution in [3.63, 3.8) is 0 Å². The van der Waals surface area contributed by atoms with Crippen molar-refractivity contribution in [2.24, 2.45) is 5.92 Å². The number of nitrogens with zero attached hydrogens (tertiary/aromatic N) is 2. The summed E-state index contributed by atoms with van der Waals surface area (Å²) in [5.41, 5.74) is 0. The maximum atomic E-state index is 12.3. The molecule has 1 atom stereocenters. The first-order chi connectivity index (χ1) is 10.2. The van der Waals surface area contributed by atoms with E-state index in [1.165, 1.54) is 0 Å². The summed E-state index contributed by atoms with van der Waals surface area (Å²) in [7, 11) is 0. The lowest BCUT2D eigenvalue weighted by molar-refractivity contribution is -0.135. The highest BCUT2D eigenvalue weighted by Gasteiger charge is 2.28. The van der Waals surface area contributed by atoms with E-state index in [4.69, 9.17) is 14.6 Å². The second kappa shape index (κ2) is 10.3. The van der Waals surface area contributed by atoms with Gasteiger partial charge in [-0.15, -0.1) is 0 Å². The Kier molecular flexibility index (Phi) is 8.69. The second-order valence-corrected chi connectivity index (χ2v) is 5.21. The van der Waals surface area contributed by atoms with Gasteiger partial charge in [-0.3, -0.25) is 14.5 Å². The zero-order valence-electron chi connectivity index (χ0n) is 12.7. The van der Waals surface area contributed by atoms with Gasteiger partial charge >= 0.3 is 0 Å². The quantitative estimate of drug-likeness (QED) is 0.617. The lowest BCUT2D eigenvalue weighted by Crippen LogP contribution is -2.39. The normalized spacial score (nSPS) is 23.5. The molecule has 2 heterocycles. The SMILES string of the molecule is CC=CCN1CCCN(C(=O)C2CCOC2)CC1.O=CO. The van der Waals surface area contributed by atoms with Crippen molar-refractivity contribution in [2.75, 3.05) is 45.9 Å². The molecule has 0 saturated carbocycles. The van der Waals surface area contributed by atoms with Crippen LogP contribution in [0.1, 0.15) is 19.8 Å². The molecule has 2 aliphatic rings. The number of carbonyl (C=O) groups excluding carboxylic acids is 1. The number of rotatable bonds is 3. The molecular formula is C15H26N2O4. The van der Waals surface area contributed by atoms with Gasteiger partial charge in [-0.05, 0) is 19.8 Å². The number of hydrogen-bond donors (Lipinski definition) is 1. The van der Waals surface area contributed by atoms with Crippen molar-refractivity contribution in [1.82, 2.24) is 9.80 Å². The van der Waals surface area contributed by atoms with Gasteiger partial charge in [0.2, 0.25) is 5.91 Å². The molecule has 0 bridgehead atoms. The Morgan fingerprint density at radius 3 is 2.71 bits per heavy atom. The molecular weight excluding hydrogens is 272 g/mol. The van der Waals surface area contributed by atoms with E-state index in [1.54, 1.807) is 0 Å². The van der Waals surface area contributed by atoms with Crippen molar-refractivity contribution >= 4 is 12.4 Å². The number of hydrogen-bond acceptors (Lipinski definition) is 4. The Balaban J connectivity index is 0.000000677. The Bertz CT molecular complexity index is 341. The summed E-state index contributed by atoms with van der Waals surface area (Å²) in [6.07, 6.45) is 6.25. The van der Waals surface area contributed by atoms with Gasteiger partial charge in [0.25, 0.3) is 6.47 Å². The molecule has 0 aromatic rings. The summed E-state index contributed by atoms with van der Waals surface area (Å²) in [6.45, 7) is 8.03. The summed E-state index contributed by atoms with van der Waals surface area (Å²) in [5, 5.41) is 6.89. The van der Waals surface area contributed by atoms with Crippen LogP contribution in [-0.2, 0) is 14.3 Å². The van der Waals surface area contributed by atoms with E-state index >= 15 is 0 Å². The predicted octanol–water partition coefficient (Wildman–Crippen LogP) is 0.834. The largest absolute Gasteiger partial charge is 0.483 e. The fourth-order valence-electron chi connectivity index (χ4n) is 2.62. The van der Waals surface area contributed by atoms with Gasteiger partial charge in [-0.2, -0.15) is 0 Å². The first-order valence-corrected chi connectivity index (χ1v) is 7.50. The first-order valence-electron chi connectivity index (χ1n) is 7.50. The molecule has 1 amide bonds. The molecule has 2 fully saturated rings. The average molecular weight is 298 g/mol. The highest BCUT2D eigenvalue weighted by atomic mass is 16.5. The predicted molar refractivity (Wildman–Crippen MR) is 80.1 cm³/mol. The van der Waals surface area contributed by atoms with E-state index < -0.39 is 0 Å². The molecule has 0 spiro atoms. The highest BCUT2D eigenvalue weighted by Crippen LogP contribution is 2.16. The van der Waals surface area contributed by atoms with Crippen LogP contribution in [0.5, 0.6) is 0 Å². The molecule has 0 aromatic carbocycles. The van der Waals surface area contributed by atoms with Gasteiger partial charge in [0, 0.05) is 39.3 Å². The Morgan fingerprint density at radius 2 is 2.10 bits per heavy atom. The fourth-order valence-corrected chi connectivity index (χ4v) is 2.62. The molecule has 6 nitrogen and oxygen atoms in total. The first kappa shape index (κ1) is 17.7. The molecule has 0 aliphatic carbocycles. The van der Waals surface area contributed by atoms with Gasteiger partial charge in [-0.1, -0.05) is 12.2 Å². The van der Waals surface area contributed by atoms with Crippen LogP contribution in [-0.4, -0.2) is 73.2 Å². The standard InChI is InChI=1S/C14H24N2O2.CH2O2/c1-2-3-6-15-7-4-8-16(10-9-15)14(17)13-5-11-18-12-13;2-1-3/h2-3,13H,4-12H2,1H3;1H,(H,2,3). The third kappa shape index (κ3) is 6.27. The summed E-state index contributed by atoms with van der Waals surface area (Å²) in [6, 6.07) is 0. The van der Waals surface area contributed by atoms with Crippen LogP contribution < -0.4 is 0 Å². The van der Waals surface area contributed by atoms with Gasteiger partial charge in [0.05, 0.1) is 12.5 Å². The molecule has 2 saturated heterocycles. The Morgan fingerprint density at radius 1 is 1.33 bits per heavy atom. The Hall–Kier alpha value is -1.40. The monoisotopic (exact) mass is 298 g/mol. The minimum atomic E-state index is -0.250. The molecule has 2 rings (SSSR count). The summed E-state index contributed by atoms with van der Waals surface area (Å²) < 4.78 is 5.31. The van der Waals surface area contributed by atoms with E-state index in [1.807, 2.05) is 11.8 Å². The van der Waals surface area contributed by atoms with Crippen molar-refractivity contribution in [3.05, 3.63) is 12.2 Å². The maximum absolute atomic E-state index is 12.3. The second-order valence-electron chi connectivity index (χ2n) is 5.21. The van der Waals surface area contributed by atoms with Gasteiger partial charge < -0.3 is 14.7 Å². The van der Waals surface area contributed by atoms with E-state index in [2.05, 4.69) is 17.1 Å². The summed E-state index contributed by atoms with van der Waals surface area (Å²) in [5.74, 6) is 0.424. The van der Waals surface area contributed by atoms with Crippen molar-refractivity contribution in [2.45, 2.75) is 19.8 Å². The minimum Gasteiger partial charge on any atom is -0.483 e. The van der Waals surface area contributed by atoms with E-state index in [0.717, 1.165) is 52.2 Å². The van der Waals surface area contributed by atoms with Crippen LogP contribution in [0, 0.1) is 5.92 Å². The van der Waals surface area contributed by atoms with E-state index in [9.17, 15) is 4.79 Å². The number of allylic oxidation sites excluding steroid dienone is 1. The number of carboxylic acid groups (broad SMARTS) is 1. The fraction of sp³-hybridized carbons (Fsp3) is 0.733. The van der Waals surface area contributed by atoms with Gasteiger partial charge in [-0.25, -0.2) is 0 Å². The Labute approximate surface area is 126 Å². The highest BCUT2D eigenvalue weighted by molar-refractivity contribution is 5.79. The smallest absolute Gasteiger partial charge is 0.290 e. The molecule has 6 heteroatoms. The maximum Gasteiger partial charge on any atom is 0.290 e. The van der Waals surface area contributed by atoms with Crippen LogP contribution in [0.4, 0.5) is 0 Å². The lowest BCUT2D eigenvalue weighted by Gasteiger charge is -2.23. The topological polar surface area (TPSA) is 70.1 Å². The van der Waals surface area contributed by atoms with Crippen LogP contribution >= 0.6 is 0 Å². The molecule has 1 N–H and O–H groups in total. The van der Waals surface area contributed by atoms with Crippen molar-refractivity contribution in [3.8, 4) is 0 Å². The number of carbonyl (C=O) groups is 2.